The lowest BCUT2D eigenvalue weighted by atomic mass is 9.91. The largest absolute Gasteiger partial charge is 0.392 e. The normalized spacial score (nSPS) is 25.0. The van der Waals surface area contributed by atoms with Crippen LogP contribution >= 0.6 is 0 Å². The molecule has 0 spiro atoms. The molecule has 39 heavy (non-hydrogen) atoms. The summed E-state index contributed by atoms with van der Waals surface area (Å²) in [5.74, 6) is -0.967. The van der Waals surface area contributed by atoms with Gasteiger partial charge < -0.3 is 31.3 Å². The van der Waals surface area contributed by atoms with Gasteiger partial charge in [-0.05, 0) is 50.3 Å². The molecule has 2 aromatic carbocycles. The number of amides is 2. The zero-order valence-corrected chi connectivity index (χ0v) is 23.0. The van der Waals surface area contributed by atoms with E-state index in [0.717, 1.165) is 5.56 Å². The van der Waals surface area contributed by atoms with Crippen LogP contribution in [-0.2, 0) is 16.0 Å². The molecular formula is C30H42N4O5. The highest BCUT2D eigenvalue weighted by Crippen LogP contribution is 2.39. The number of fused-ring (bicyclic) bond motifs is 1. The number of hydrogen-bond acceptors (Lipinski definition) is 7. The van der Waals surface area contributed by atoms with Crippen LogP contribution in [0.5, 0.6) is 0 Å². The van der Waals surface area contributed by atoms with Crippen molar-refractivity contribution < 1.29 is 24.9 Å². The zero-order valence-electron chi connectivity index (χ0n) is 23.0. The fraction of sp³-hybridized carbons (Fsp3) is 0.533. The molecule has 9 heteroatoms. The van der Waals surface area contributed by atoms with Gasteiger partial charge in [0, 0.05) is 37.6 Å². The van der Waals surface area contributed by atoms with Gasteiger partial charge in [0.1, 0.15) is 18.2 Å². The summed E-state index contributed by atoms with van der Waals surface area (Å²) in [7, 11) is 0. The molecule has 1 saturated heterocycles. The highest BCUT2D eigenvalue weighted by atomic mass is 16.3. The van der Waals surface area contributed by atoms with Crippen LogP contribution in [0.25, 0.3) is 0 Å². The molecule has 0 bridgehead atoms. The van der Waals surface area contributed by atoms with E-state index in [1.54, 1.807) is 18.2 Å². The Bertz CT molecular complexity index is 1120. The van der Waals surface area contributed by atoms with E-state index in [0.29, 0.717) is 37.2 Å². The Hall–Kier alpha value is -2.82. The molecule has 0 unspecified atom stereocenters. The molecule has 0 aromatic heterocycles. The number of benzene rings is 2. The summed E-state index contributed by atoms with van der Waals surface area (Å²) in [4.78, 5) is 28.5. The minimum absolute atomic E-state index is 0.0899. The van der Waals surface area contributed by atoms with E-state index in [9.17, 15) is 24.9 Å². The highest BCUT2D eigenvalue weighted by molar-refractivity contribution is 5.83. The first kappa shape index (κ1) is 29.2. The van der Waals surface area contributed by atoms with Crippen molar-refractivity contribution in [1.82, 2.24) is 20.9 Å². The molecule has 2 amide bonds. The van der Waals surface area contributed by atoms with Gasteiger partial charge in [-0.1, -0.05) is 54.6 Å². The molecule has 212 valence electrons. The van der Waals surface area contributed by atoms with Gasteiger partial charge in [0.25, 0.3) is 0 Å². The maximum atomic E-state index is 13.6. The predicted octanol–water partition coefficient (Wildman–Crippen LogP) is 1.05. The van der Waals surface area contributed by atoms with Crippen LogP contribution in [0.1, 0.15) is 56.0 Å². The Labute approximate surface area is 230 Å². The molecule has 0 radical (unpaired) electrons. The summed E-state index contributed by atoms with van der Waals surface area (Å²) in [5, 5.41) is 41.6. The summed E-state index contributed by atoms with van der Waals surface area (Å²) < 4.78 is 0. The minimum Gasteiger partial charge on any atom is -0.392 e. The summed E-state index contributed by atoms with van der Waals surface area (Å²) in [6.07, 6.45) is -2.48. The van der Waals surface area contributed by atoms with Crippen molar-refractivity contribution in [3.05, 3.63) is 71.3 Å². The average Bonchev–Trinajstić information content (AvgIpc) is 3.13. The van der Waals surface area contributed by atoms with E-state index in [4.69, 9.17) is 0 Å². The quantitative estimate of drug-likeness (QED) is 0.281. The Kier molecular flexibility index (Phi) is 9.40. The fourth-order valence-corrected chi connectivity index (χ4v) is 5.58. The number of aliphatic hydroxyl groups excluding tert-OH is 3. The number of aliphatic hydroxyl groups is 3. The first-order chi connectivity index (χ1) is 18.5. The molecule has 6 N–H and O–H groups in total. The summed E-state index contributed by atoms with van der Waals surface area (Å²) in [5.41, 5.74) is 1.89. The summed E-state index contributed by atoms with van der Waals surface area (Å²) >= 11 is 0. The number of β-amino-alcohol motifs (C(OH)–C–C–N with tert-alkyl or cyclic N) is 1. The lowest BCUT2D eigenvalue weighted by Gasteiger charge is -2.38. The number of hydrogen-bond donors (Lipinski definition) is 6. The molecule has 1 fully saturated rings. The van der Waals surface area contributed by atoms with E-state index < -0.39 is 36.3 Å². The van der Waals surface area contributed by atoms with Crippen LogP contribution in [0.2, 0.25) is 0 Å². The zero-order chi connectivity index (χ0) is 28.2. The monoisotopic (exact) mass is 538 g/mol. The molecule has 1 heterocycles. The highest BCUT2D eigenvalue weighted by Gasteiger charge is 2.40. The number of carbonyl (C=O) groups is 2. The van der Waals surface area contributed by atoms with E-state index in [2.05, 4.69) is 16.0 Å². The van der Waals surface area contributed by atoms with E-state index in [-0.39, 0.29) is 30.3 Å². The molecule has 1 aliphatic carbocycles. The summed E-state index contributed by atoms with van der Waals surface area (Å²) in [6.45, 7) is 7.88. The molecule has 2 aromatic rings. The average molecular weight is 539 g/mol. The van der Waals surface area contributed by atoms with Gasteiger partial charge >= 0.3 is 0 Å². The van der Waals surface area contributed by atoms with Gasteiger partial charge in [0.15, 0.2) is 0 Å². The second-order valence-electron chi connectivity index (χ2n) is 11.8. The Balaban J connectivity index is 1.47. The van der Waals surface area contributed by atoms with Crippen molar-refractivity contribution in [2.45, 2.75) is 69.5 Å². The van der Waals surface area contributed by atoms with E-state index in [1.165, 1.54) is 0 Å². The van der Waals surface area contributed by atoms with Crippen LogP contribution < -0.4 is 16.0 Å². The van der Waals surface area contributed by atoms with Gasteiger partial charge in [0.05, 0.1) is 12.1 Å². The van der Waals surface area contributed by atoms with Crippen molar-refractivity contribution in [2.24, 2.45) is 5.92 Å². The molecule has 2 aliphatic rings. The lowest BCUT2D eigenvalue weighted by molar-refractivity contribution is -0.131. The maximum absolute atomic E-state index is 13.6. The van der Waals surface area contributed by atoms with Crippen molar-refractivity contribution in [2.75, 3.05) is 26.2 Å². The first-order valence-electron chi connectivity index (χ1n) is 13.8. The molecule has 9 nitrogen and oxygen atoms in total. The van der Waals surface area contributed by atoms with Gasteiger partial charge in [0.2, 0.25) is 11.8 Å². The van der Waals surface area contributed by atoms with Crippen LogP contribution in [0.15, 0.2) is 54.6 Å². The Morgan fingerprint density at radius 3 is 2.41 bits per heavy atom. The van der Waals surface area contributed by atoms with Crippen molar-refractivity contribution >= 4 is 11.8 Å². The van der Waals surface area contributed by atoms with Crippen molar-refractivity contribution in [3.8, 4) is 0 Å². The standard InChI is InChI=1S/C30H42N4O5/c1-30(2,3)33-29(39)24-17-31-13-14-34(24)18-21(35)16-20(15-19-9-5-4-6-10-19)28(38)32-25-22-11-7-8-12-23(22)26(36)27(25)37/h4-12,20-21,24-27,31,35-37H,13-18H2,1-3H3,(H,32,38)(H,33,39)/t20-,21+,24+,25+,26+,27+/m1/s1. The van der Waals surface area contributed by atoms with Crippen molar-refractivity contribution in [3.63, 3.8) is 0 Å². The molecule has 6 atom stereocenters. The predicted molar refractivity (Wildman–Crippen MR) is 149 cm³/mol. The number of rotatable bonds is 9. The van der Waals surface area contributed by atoms with Crippen LogP contribution in [0.3, 0.4) is 0 Å². The third-order valence-corrected chi connectivity index (χ3v) is 7.47. The van der Waals surface area contributed by atoms with E-state index in [1.807, 2.05) is 62.1 Å². The fourth-order valence-electron chi connectivity index (χ4n) is 5.58. The third-order valence-electron chi connectivity index (χ3n) is 7.47. The molecular weight excluding hydrogens is 496 g/mol. The SMILES string of the molecule is CC(C)(C)NC(=O)[C@@H]1CNCCN1C[C@@H](O)C[C@@H](Cc1ccccc1)C(=O)N[C@H]1c2ccccc2[C@H](O)[C@H]1O. The maximum Gasteiger partial charge on any atom is 0.239 e. The minimum atomic E-state index is -1.16. The smallest absolute Gasteiger partial charge is 0.239 e. The topological polar surface area (TPSA) is 134 Å². The number of nitrogens with one attached hydrogen (secondary N) is 3. The summed E-state index contributed by atoms with van der Waals surface area (Å²) in [6, 6.07) is 15.6. The van der Waals surface area contributed by atoms with Crippen molar-refractivity contribution in [1.29, 1.82) is 0 Å². The first-order valence-corrected chi connectivity index (χ1v) is 13.8. The van der Waals surface area contributed by atoms with E-state index >= 15 is 0 Å². The van der Waals surface area contributed by atoms with Gasteiger partial charge in [-0.15, -0.1) is 0 Å². The number of nitrogens with zero attached hydrogens (tertiary/aromatic N) is 1. The van der Waals surface area contributed by atoms with Crippen LogP contribution in [-0.4, -0.2) is 82.0 Å². The van der Waals surface area contributed by atoms with Gasteiger partial charge in [-0.3, -0.25) is 14.5 Å². The van der Waals surface area contributed by atoms with Gasteiger partial charge in [-0.25, -0.2) is 0 Å². The van der Waals surface area contributed by atoms with Crippen LogP contribution in [0, 0.1) is 5.92 Å². The Morgan fingerprint density at radius 1 is 1.05 bits per heavy atom. The number of carbonyl (C=O) groups excluding carboxylic acids is 2. The second-order valence-corrected chi connectivity index (χ2v) is 11.8. The van der Waals surface area contributed by atoms with Crippen LogP contribution in [0.4, 0.5) is 0 Å². The molecule has 0 saturated carbocycles. The second kappa shape index (κ2) is 12.6. The third kappa shape index (κ3) is 7.43. The molecule has 4 rings (SSSR count). The van der Waals surface area contributed by atoms with Gasteiger partial charge in [-0.2, -0.15) is 0 Å². The lowest BCUT2D eigenvalue weighted by Crippen LogP contribution is -2.61. The molecule has 1 aliphatic heterocycles. The Morgan fingerprint density at radius 2 is 1.72 bits per heavy atom. The number of piperazine rings is 1.